The van der Waals surface area contributed by atoms with Crippen molar-refractivity contribution in [1.29, 1.82) is 0 Å². The fraction of sp³-hybridized carbons (Fsp3) is 0.750. The molecule has 1 rings (SSSR count). The van der Waals surface area contributed by atoms with E-state index < -0.39 is 0 Å². The van der Waals surface area contributed by atoms with E-state index >= 15 is 0 Å². The number of nitrogens with one attached hydrogen (secondary N) is 2. The van der Waals surface area contributed by atoms with Gasteiger partial charge in [0.1, 0.15) is 17.5 Å². The summed E-state index contributed by atoms with van der Waals surface area (Å²) >= 11 is 0. The SMILES string of the molecule is CNc1nc(C(C)C)nc(NCC(C)(C)CN(C)C)c1C. The third-order valence-electron chi connectivity index (χ3n) is 3.39. The predicted octanol–water partition coefficient (Wildman–Crippen LogP) is 2.95. The molecule has 0 aliphatic carbocycles. The van der Waals surface area contributed by atoms with Crippen LogP contribution in [0.2, 0.25) is 0 Å². The number of anilines is 2. The highest BCUT2D eigenvalue weighted by molar-refractivity contribution is 5.57. The van der Waals surface area contributed by atoms with Gasteiger partial charge in [-0.05, 0) is 26.4 Å². The molecule has 5 heteroatoms. The van der Waals surface area contributed by atoms with Crippen LogP contribution in [0.4, 0.5) is 11.6 Å². The normalized spacial score (nSPS) is 12.1. The zero-order valence-corrected chi connectivity index (χ0v) is 14.8. The lowest BCUT2D eigenvalue weighted by atomic mass is 9.93. The molecule has 0 saturated heterocycles. The van der Waals surface area contributed by atoms with Crippen LogP contribution in [0.1, 0.15) is 45.0 Å². The molecule has 0 fully saturated rings. The van der Waals surface area contributed by atoms with Crippen molar-refractivity contribution in [2.45, 2.75) is 40.5 Å². The smallest absolute Gasteiger partial charge is 0.135 e. The second-order valence-corrected chi connectivity index (χ2v) is 7.06. The first-order valence-electron chi connectivity index (χ1n) is 7.61. The van der Waals surface area contributed by atoms with Crippen molar-refractivity contribution >= 4 is 11.6 Å². The Morgan fingerprint density at radius 3 is 2.19 bits per heavy atom. The van der Waals surface area contributed by atoms with Gasteiger partial charge in [-0.3, -0.25) is 0 Å². The van der Waals surface area contributed by atoms with E-state index in [-0.39, 0.29) is 5.41 Å². The molecule has 0 saturated carbocycles. The maximum absolute atomic E-state index is 4.69. The fourth-order valence-electron chi connectivity index (χ4n) is 2.44. The van der Waals surface area contributed by atoms with Gasteiger partial charge in [0.2, 0.25) is 0 Å². The lowest BCUT2D eigenvalue weighted by Gasteiger charge is -2.29. The molecule has 21 heavy (non-hydrogen) atoms. The number of aromatic nitrogens is 2. The highest BCUT2D eigenvalue weighted by atomic mass is 15.1. The van der Waals surface area contributed by atoms with Gasteiger partial charge in [0.05, 0.1) is 0 Å². The third kappa shape index (κ3) is 5.16. The maximum Gasteiger partial charge on any atom is 0.135 e. The van der Waals surface area contributed by atoms with Crippen molar-refractivity contribution in [3.05, 3.63) is 11.4 Å². The molecule has 0 spiro atoms. The number of rotatable bonds is 7. The van der Waals surface area contributed by atoms with Crippen LogP contribution >= 0.6 is 0 Å². The van der Waals surface area contributed by atoms with E-state index in [4.69, 9.17) is 0 Å². The molecule has 0 aromatic carbocycles. The molecule has 1 aromatic rings. The minimum Gasteiger partial charge on any atom is -0.373 e. The maximum atomic E-state index is 4.69. The van der Waals surface area contributed by atoms with Gasteiger partial charge in [0, 0.05) is 31.6 Å². The van der Waals surface area contributed by atoms with Gasteiger partial charge < -0.3 is 15.5 Å². The minimum absolute atomic E-state index is 0.179. The molecule has 0 unspecified atom stereocenters. The van der Waals surface area contributed by atoms with Crippen molar-refractivity contribution in [2.75, 3.05) is 44.9 Å². The molecule has 1 aromatic heterocycles. The lowest BCUT2D eigenvalue weighted by Crippen LogP contribution is -2.34. The van der Waals surface area contributed by atoms with E-state index in [1.165, 1.54) is 0 Å². The number of hydrogen-bond acceptors (Lipinski definition) is 5. The summed E-state index contributed by atoms with van der Waals surface area (Å²) in [5, 5.41) is 6.67. The standard InChI is InChI=1S/C16H31N5/c1-11(2)13-19-14(17-6)12(3)15(20-13)18-9-16(4,5)10-21(7)8/h11H,9-10H2,1-8H3,(H2,17,18,19,20). The highest BCUT2D eigenvalue weighted by Crippen LogP contribution is 2.24. The zero-order valence-electron chi connectivity index (χ0n) is 14.8. The molecule has 2 N–H and O–H groups in total. The molecule has 0 atom stereocenters. The highest BCUT2D eigenvalue weighted by Gasteiger charge is 2.20. The van der Waals surface area contributed by atoms with Crippen molar-refractivity contribution in [3.8, 4) is 0 Å². The van der Waals surface area contributed by atoms with Crippen LogP contribution in [0.25, 0.3) is 0 Å². The van der Waals surface area contributed by atoms with Crippen molar-refractivity contribution in [1.82, 2.24) is 14.9 Å². The van der Waals surface area contributed by atoms with E-state index in [1.54, 1.807) is 0 Å². The Kier molecular flexibility index (Phi) is 5.96. The van der Waals surface area contributed by atoms with Gasteiger partial charge in [-0.2, -0.15) is 0 Å². The predicted molar refractivity (Wildman–Crippen MR) is 91.2 cm³/mol. The van der Waals surface area contributed by atoms with Crippen LogP contribution in [0.5, 0.6) is 0 Å². The van der Waals surface area contributed by atoms with Gasteiger partial charge in [-0.25, -0.2) is 9.97 Å². The molecular formula is C16H31N5. The van der Waals surface area contributed by atoms with E-state index in [0.717, 1.165) is 36.1 Å². The van der Waals surface area contributed by atoms with Crippen LogP contribution in [-0.4, -0.2) is 49.1 Å². The quantitative estimate of drug-likeness (QED) is 0.809. The largest absolute Gasteiger partial charge is 0.373 e. The van der Waals surface area contributed by atoms with Gasteiger partial charge in [0.15, 0.2) is 0 Å². The van der Waals surface area contributed by atoms with Crippen LogP contribution in [0.15, 0.2) is 0 Å². The molecule has 120 valence electrons. The summed E-state index contributed by atoms with van der Waals surface area (Å²) in [6.45, 7) is 12.7. The summed E-state index contributed by atoms with van der Waals surface area (Å²) < 4.78 is 0. The van der Waals surface area contributed by atoms with Crippen LogP contribution in [0, 0.1) is 12.3 Å². The summed E-state index contributed by atoms with van der Waals surface area (Å²) in [5.74, 6) is 3.03. The molecule has 0 aliphatic heterocycles. The molecule has 0 aliphatic rings. The first kappa shape index (κ1) is 17.7. The first-order valence-corrected chi connectivity index (χ1v) is 7.61. The van der Waals surface area contributed by atoms with Crippen molar-refractivity contribution in [2.24, 2.45) is 5.41 Å². The average Bonchev–Trinajstić information content (AvgIpc) is 2.35. The Balaban J connectivity index is 2.94. The Labute approximate surface area is 129 Å². The summed E-state index contributed by atoms with van der Waals surface area (Å²) in [6, 6.07) is 0. The Hall–Kier alpha value is -1.36. The van der Waals surface area contributed by atoms with Crippen LogP contribution < -0.4 is 10.6 Å². The molecule has 0 amide bonds. The van der Waals surface area contributed by atoms with Gasteiger partial charge in [-0.1, -0.05) is 27.7 Å². The van der Waals surface area contributed by atoms with E-state index in [1.807, 2.05) is 7.05 Å². The number of nitrogens with zero attached hydrogens (tertiary/aromatic N) is 3. The molecule has 1 heterocycles. The molecule has 0 radical (unpaired) electrons. The van der Waals surface area contributed by atoms with Gasteiger partial charge in [0.25, 0.3) is 0 Å². The fourth-order valence-corrected chi connectivity index (χ4v) is 2.44. The number of hydrogen-bond donors (Lipinski definition) is 2. The van der Waals surface area contributed by atoms with Crippen molar-refractivity contribution in [3.63, 3.8) is 0 Å². The Morgan fingerprint density at radius 2 is 1.71 bits per heavy atom. The second-order valence-electron chi connectivity index (χ2n) is 7.06. The summed E-state index contributed by atoms with van der Waals surface area (Å²) in [4.78, 5) is 11.5. The van der Waals surface area contributed by atoms with Crippen LogP contribution in [-0.2, 0) is 0 Å². The lowest BCUT2D eigenvalue weighted by molar-refractivity contribution is 0.254. The Morgan fingerprint density at radius 1 is 1.14 bits per heavy atom. The molecular weight excluding hydrogens is 262 g/mol. The third-order valence-corrected chi connectivity index (χ3v) is 3.39. The Bertz CT molecular complexity index is 466. The van der Waals surface area contributed by atoms with Crippen molar-refractivity contribution < 1.29 is 0 Å². The van der Waals surface area contributed by atoms with E-state index in [9.17, 15) is 0 Å². The van der Waals surface area contributed by atoms with Crippen LogP contribution in [0.3, 0.4) is 0 Å². The average molecular weight is 293 g/mol. The zero-order chi connectivity index (χ0) is 16.2. The summed E-state index contributed by atoms with van der Waals surface area (Å²) in [5.41, 5.74) is 1.25. The summed E-state index contributed by atoms with van der Waals surface area (Å²) in [7, 11) is 6.11. The topological polar surface area (TPSA) is 53.1 Å². The summed E-state index contributed by atoms with van der Waals surface area (Å²) in [6.07, 6.45) is 0. The first-order chi connectivity index (χ1) is 9.66. The van der Waals surface area contributed by atoms with E-state index in [0.29, 0.717) is 5.92 Å². The van der Waals surface area contributed by atoms with Gasteiger partial charge >= 0.3 is 0 Å². The van der Waals surface area contributed by atoms with E-state index in [2.05, 4.69) is 74.2 Å². The second kappa shape index (κ2) is 7.07. The minimum atomic E-state index is 0.179. The molecule has 5 nitrogen and oxygen atoms in total. The van der Waals surface area contributed by atoms with Gasteiger partial charge in [-0.15, -0.1) is 0 Å². The monoisotopic (exact) mass is 293 g/mol. The molecule has 0 bridgehead atoms.